The maximum absolute atomic E-state index is 12.4. The van der Waals surface area contributed by atoms with Crippen LogP contribution in [0.3, 0.4) is 0 Å². The molecule has 0 bridgehead atoms. The quantitative estimate of drug-likeness (QED) is 0.757. The Balaban J connectivity index is 2.36. The summed E-state index contributed by atoms with van der Waals surface area (Å²) in [6.45, 7) is 0.778. The first-order valence-corrected chi connectivity index (χ1v) is 4.62. The lowest BCUT2D eigenvalue weighted by Crippen LogP contribution is -2.35. The Hall–Kier alpha value is -1.23. The average molecular weight is 217 g/mol. The van der Waals surface area contributed by atoms with Gasteiger partial charge in [-0.3, -0.25) is 0 Å². The molecular weight excluding hydrogens is 207 g/mol. The molecule has 2 nitrogen and oxygen atoms in total. The molecule has 0 spiro atoms. The molecule has 2 N–H and O–H groups in total. The van der Waals surface area contributed by atoms with Crippen molar-refractivity contribution >= 4 is 0 Å². The van der Waals surface area contributed by atoms with Gasteiger partial charge in [-0.05, 0) is 31.2 Å². The van der Waals surface area contributed by atoms with Crippen molar-refractivity contribution in [2.24, 2.45) is 0 Å². The van der Waals surface area contributed by atoms with Crippen LogP contribution in [0, 0.1) is 0 Å². The Bertz CT molecular complexity index is 371. The molecule has 2 rings (SSSR count). The molecule has 0 saturated carbocycles. The second-order valence-electron chi connectivity index (χ2n) is 3.57. The van der Waals surface area contributed by atoms with Crippen LogP contribution in [0.15, 0.2) is 18.2 Å². The van der Waals surface area contributed by atoms with E-state index in [1.54, 1.807) is 0 Å². The van der Waals surface area contributed by atoms with Crippen molar-refractivity contribution in [1.29, 1.82) is 0 Å². The molecule has 0 aliphatic carbocycles. The molecule has 1 atom stereocenters. The summed E-state index contributed by atoms with van der Waals surface area (Å²) in [5.74, 6) is -0.0831. The van der Waals surface area contributed by atoms with Gasteiger partial charge in [-0.2, -0.15) is 13.2 Å². The summed E-state index contributed by atoms with van der Waals surface area (Å²) < 4.78 is 37.1. The van der Waals surface area contributed by atoms with E-state index in [1.165, 1.54) is 0 Å². The van der Waals surface area contributed by atoms with E-state index in [0.717, 1.165) is 31.2 Å². The maximum atomic E-state index is 12.4. The summed E-state index contributed by atoms with van der Waals surface area (Å²) in [5, 5.41) is 12.4. The minimum absolute atomic E-state index is 0.0831. The summed E-state index contributed by atoms with van der Waals surface area (Å²) in [5.41, 5.74) is -0.389. The van der Waals surface area contributed by atoms with Gasteiger partial charge in [0.05, 0.1) is 5.56 Å². The fourth-order valence-corrected chi connectivity index (χ4v) is 1.56. The van der Waals surface area contributed by atoms with E-state index >= 15 is 0 Å². The highest BCUT2D eigenvalue weighted by Crippen LogP contribution is 2.36. The number of halogens is 3. The maximum Gasteiger partial charge on any atom is 0.416 e. The van der Waals surface area contributed by atoms with E-state index in [-0.39, 0.29) is 11.8 Å². The Morgan fingerprint density at radius 2 is 2.00 bits per heavy atom. The number of hydrogen-bond acceptors (Lipinski definition) is 2. The summed E-state index contributed by atoms with van der Waals surface area (Å²) in [6, 6.07) is 2.84. The Kier molecular flexibility index (Phi) is 2.34. The van der Waals surface area contributed by atoms with Crippen LogP contribution in [0.4, 0.5) is 13.2 Å². The molecule has 1 aromatic rings. The van der Waals surface area contributed by atoms with Gasteiger partial charge in [0.15, 0.2) is 0 Å². The third-order valence-electron chi connectivity index (χ3n) is 2.55. The number of alkyl halides is 3. The average Bonchev–Trinajstić information content (AvgIpc) is 2.03. The molecule has 15 heavy (non-hydrogen) atoms. The standard InChI is InChI=1S/C10H10F3NO/c11-10(12,13)6-1-2-9(15)7(5-6)8-3-4-14-8/h1-2,5,8,14-15H,3-4H2/t8-/m0/s1. The lowest BCUT2D eigenvalue weighted by atomic mass is 9.95. The molecule has 0 amide bonds. The predicted octanol–water partition coefficient (Wildman–Crippen LogP) is 2.45. The Morgan fingerprint density at radius 1 is 1.33 bits per heavy atom. The van der Waals surface area contributed by atoms with Crippen molar-refractivity contribution in [1.82, 2.24) is 5.32 Å². The van der Waals surface area contributed by atoms with Crippen LogP contribution in [0.5, 0.6) is 5.75 Å². The molecule has 1 aliphatic heterocycles. The number of aromatic hydroxyl groups is 1. The van der Waals surface area contributed by atoms with Gasteiger partial charge < -0.3 is 10.4 Å². The largest absolute Gasteiger partial charge is 0.508 e. The van der Waals surface area contributed by atoms with Crippen molar-refractivity contribution in [3.63, 3.8) is 0 Å². The van der Waals surface area contributed by atoms with Gasteiger partial charge in [0.2, 0.25) is 0 Å². The number of nitrogens with one attached hydrogen (secondary N) is 1. The molecule has 0 aromatic heterocycles. The second-order valence-corrected chi connectivity index (χ2v) is 3.57. The Labute approximate surface area is 84.7 Å². The fraction of sp³-hybridized carbons (Fsp3) is 0.400. The van der Waals surface area contributed by atoms with E-state index < -0.39 is 11.7 Å². The molecule has 1 saturated heterocycles. The number of phenols is 1. The van der Waals surface area contributed by atoms with E-state index in [2.05, 4.69) is 5.32 Å². The molecule has 0 radical (unpaired) electrons. The van der Waals surface area contributed by atoms with E-state index in [4.69, 9.17) is 0 Å². The van der Waals surface area contributed by atoms with Crippen molar-refractivity contribution < 1.29 is 18.3 Å². The molecule has 1 aliphatic rings. The zero-order valence-corrected chi connectivity index (χ0v) is 7.80. The van der Waals surface area contributed by atoms with Gasteiger partial charge in [-0.15, -0.1) is 0 Å². The highest BCUT2D eigenvalue weighted by molar-refractivity contribution is 5.40. The van der Waals surface area contributed by atoms with Gasteiger partial charge in [0, 0.05) is 11.6 Å². The highest BCUT2D eigenvalue weighted by atomic mass is 19.4. The SMILES string of the molecule is Oc1ccc(C(F)(F)F)cc1[C@@H]1CCN1. The number of rotatable bonds is 1. The normalized spacial score (nSPS) is 21.1. The van der Waals surface area contributed by atoms with E-state index in [9.17, 15) is 18.3 Å². The van der Waals surface area contributed by atoms with Gasteiger partial charge >= 0.3 is 6.18 Å². The first-order chi connectivity index (χ1) is 6.98. The van der Waals surface area contributed by atoms with Crippen molar-refractivity contribution in [2.75, 3.05) is 6.54 Å². The summed E-state index contributed by atoms with van der Waals surface area (Å²) in [7, 11) is 0. The summed E-state index contributed by atoms with van der Waals surface area (Å²) in [4.78, 5) is 0. The molecular formula is C10H10F3NO. The smallest absolute Gasteiger partial charge is 0.416 e. The number of benzene rings is 1. The first kappa shape index (κ1) is 10.3. The van der Waals surface area contributed by atoms with Crippen molar-refractivity contribution in [3.8, 4) is 5.75 Å². The van der Waals surface area contributed by atoms with E-state index in [0.29, 0.717) is 5.56 Å². The van der Waals surface area contributed by atoms with Crippen LogP contribution in [0.2, 0.25) is 0 Å². The molecule has 0 unspecified atom stereocenters. The molecule has 1 heterocycles. The highest BCUT2D eigenvalue weighted by Gasteiger charge is 2.32. The zero-order valence-electron chi connectivity index (χ0n) is 7.80. The van der Waals surface area contributed by atoms with Crippen LogP contribution < -0.4 is 5.32 Å². The minimum Gasteiger partial charge on any atom is -0.508 e. The summed E-state index contributed by atoms with van der Waals surface area (Å²) in [6.07, 6.45) is -3.60. The number of hydrogen-bond donors (Lipinski definition) is 2. The van der Waals surface area contributed by atoms with Crippen molar-refractivity contribution in [3.05, 3.63) is 29.3 Å². The minimum atomic E-state index is -4.35. The topological polar surface area (TPSA) is 32.3 Å². The Morgan fingerprint density at radius 3 is 2.47 bits per heavy atom. The van der Waals surface area contributed by atoms with Crippen LogP contribution in [-0.2, 0) is 6.18 Å². The van der Waals surface area contributed by atoms with Crippen LogP contribution in [-0.4, -0.2) is 11.7 Å². The lowest BCUT2D eigenvalue weighted by Gasteiger charge is -2.29. The van der Waals surface area contributed by atoms with Gasteiger partial charge in [-0.1, -0.05) is 0 Å². The van der Waals surface area contributed by atoms with Crippen LogP contribution in [0.25, 0.3) is 0 Å². The van der Waals surface area contributed by atoms with Gasteiger partial charge in [0.25, 0.3) is 0 Å². The predicted molar refractivity (Wildman–Crippen MR) is 48.5 cm³/mol. The summed E-state index contributed by atoms with van der Waals surface area (Å²) >= 11 is 0. The molecule has 5 heteroatoms. The van der Waals surface area contributed by atoms with Gasteiger partial charge in [0.1, 0.15) is 5.75 Å². The molecule has 1 aromatic carbocycles. The monoisotopic (exact) mass is 217 g/mol. The van der Waals surface area contributed by atoms with Crippen molar-refractivity contribution in [2.45, 2.75) is 18.6 Å². The van der Waals surface area contributed by atoms with Gasteiger partial charge in [-0.25, -0.2) is 0 Å². The molecule has 1 fully saturated rings. The third kappa shape index (κ3) is 1.92. The van der Waals surface area contributed by atoms with Crippen LogP contribution in [0.1, 0.15) is 23.6 Å². The zero-order chi connectivity index (χ0) is 11.1. The fourth-order valence-electron chi connectivity index (χ4n) is 1.56. The third-order valence-corrected chi connectivity index (χ3v) is 2.55. The molecule has 82 valence electrons. The lowest BCUT2D eigenvalue weighted by molar-refractivity contribution is -0.137. The first-order valence-electron chi connectivity index (χ1n) is 4.62. The van der Waals surface area contributed by atoms with E-state index in [1.807, 2.05) is 0 Å². The number of phenolic OH excluding ortho intramolecular Hbond substituents is 1. The second kappa shape index (κ2) is 3.41. The van der Waals surface area contributed by atoms with Crippen LogP contribution >= 0.6 is 0 Å².